The van der Waals surface area contributed by atoms with Crippen LogP contribution in [0.4, 0.5) is 4.39 Å². The molecule has 1 N–H and O–H groups in total. The van der Waals surface area contributed by atoms with Gasteiger partial charge in [-0.3, -0.25) is 4.79 Å². The lowest BCUT2D eigenvalue weighted by Gasteiger charge is -2.45. The molecule has 0 unspecified atom stereocenters. The number of aryl methyl sites for hydroxylation is 1. The second-order valence-corrected chi connectivity index (χ2v) is 11.9. The molecule has 6 heteroatoms. The second-order valence-electron chi connectivity index (χ2n) is 11.9. The molecule has 3 aromatic rings. The second kappa shape index (κ2) is 10.3. The third kappa shape index (κ3) is 4.91. The van der Waals surface area contributed by atoms with Gasteiger partial charge in [-0.05, 0) is 95.3 Å². The molecule has 0 amide bonds. The molecule has 2 aliphatic carbocycles. The van der Waals surface area contributed by atoms with Crippen molar-refractivity contribution in [2.75, 3.05) is 14.2 Å². The largest absolute Gasteiger partial charge is 0.497 e. The summed E-state index contributed by atoms with van der Waals surface area (Å²) in [7, 11) is 3.25. The summed E-state index contributed by atoms with van der Waals surface area (Å²) in [6.07, 6.45) is 3.16. The van der Waals surface area contributed by atoms with E-state index in [0.717, 1.165) is 53.7 Å². The number of hydrogen-bond acceptors (Lipinski definition) is 4. The van der Waals surface area contributed by atoms with Crippen LogP contribution in [0.15, 0.2) is 54.6 Å². The van der Waals surface area contributed by atoms with Crippen LogP contribution in [0.2, 0.25) is 0 Å². The summed E-state index contributed by atoms with van der Waals surface area (Å²) in [4.78, 5) is 11.8. The highest BCUT2D eigenvalue weighted by Crippen LogP contribution is 2.57. The van der Waals surface area contributed by atoms with E-state index in [0.29, 0.717) is 17.9 Å². The maximum atomic E-state index is 15.0. The number of halogens is 1. The molecule has 5 rings (SSSR count). The predicted molar refractivity (Wildman–Crippen MR) is 149 cm³/mol. The van der Waals surface area contributed by atoms with Gasteiger partial charge in [0.25, 0.3) is 0 Å². The average molecular weight is 533 g/mol. The average Bonchev–Trinajstić information content (AvgIpc) is 3.27. The first-order valence-corrected chi connectivity index (χ1v) is 13.6. The van der Waals surface area contributed by atoms with Gasteiger partial charge in [-0.15, -0.1) is 0 Å². The molecule has 39 heavy (non-hydrogen) atoms. The summed E-state index contributed by atoms with van der Waals surface area (Å²) in [6, 6.07) is 16.8. The van der Waals surface area contributed by atoms with Gasteiger partial charge in [0.2, 0.25) is 0 Å². The molecule has 206 valence electrons. The highest BCUT2D eigenvalue weighted by atomic mass is 19.1. The number of benzene rings is 3. The van der Waals surface area contributed by atoms with Gasteiger partial charge < -0.3 is 19.3 Å². The van der Waals surface area contributed by atoms with Crippen LogP contribution in [0.25, 0.3) is 11.1 Å². The summed E-state index contributed by atoms with van der Waals surface area (Å²) in [5.41, 5.74) is 4.89. The van der Waals surface area contributed by atoms with Crippen molar-refractivity contribution in [2.45, 2.75) is 64.6 Å². The van der Waals surface area contributed by atoms with E-state index in [1.807, 2.05) is 30.3 Å². The van der Waals surface area contributed by atoms with E-state index >= 15 is 4.39 Å². The van der Waals surface area contributed by atoms with Gasteiger partial charge in [-0.2, -0.15) is 0 Å². The number of carboxylic acid groups (broad SMARTS) is 1. The molecule has 5 nitrogen and oxygen atoms in total. The van der Waals surface area contributed by atoms with E-state index in [1.165, 1.54) is 11.6 Å². The molecular formula is C33H37FO5. The van der Waals surface area contributed by atoms with E-state index in [1.54, 1.807) is 26.4 Å². The fourth-order valence-corrected chi connectivity index (χ4v) is 6.55. The number of rotatable bonds is 8. The smallest absolute Gasteiger partial charge is 0.307 e. The van der Waals surface area contributed by atoms with Crippen LogP contribution in [0, 0.1) is 17.2 Å². The number of carbonyl (C=O) groups is 1. The number of hydrogen-bond donors (Lipinski definition) is 1. The van der Waals surface area contributed by atoms with Crippen LogP contribution in [0.3, 0.4) is 0 Å². The van der Waals surface area contributed by atoms with Gasteiger partial charge in [-0.1, -0.05) is 39.0 Å². The summed E-state index contributed by atoms with van der Waals surface area (Å²) >= 11 is 0. The third-order valence-electron chi connectivity index (χ3n) is 8.59. The Morgan fingerprint density at radius 3 is 2.44 bits per heavy atom. The van der Waals surface area contributed by atoms with Gasteiger partial charge in [0, 0.05) is 18.1 Å². The molecule has 1 fully saturated rings. The van der Waals surface area contributed by atoms with Crippen LogP contribution in [-0.4, -0.2) is 25.3 Å². The fraction of sp³-hybridized carbons (Fsp3) is 0.424. The molecule has 3 aromatic carbocycles. The molecule has 1 spiro atoms. The minimum atomic E-state index is -0.702. The predicted octanol–water partition coefficient (Wildman–Crippen LogP) is 7.49. The number of methoxy groups -OCH3 is 2. The molecule has 0 aliphatic heterocycles. The van der Waals surface area contributed by atoms with Gasteiger partial charge >= 0.3 is 5.97 Å². The van der Waals surface area contributed by atoms with Crippen LogP contribution in [-0.2, 0) is 28.0 Å². The quantitative estimate of drug-likeness (QED) is 0.326. The lowest BCUT2D eigenvalue weighted by Crippen LogP contribution is -2.46. The third-order valence-corrected chi connectivity index (χ3v) is 8.59. The highest BCUT2D eigenvalue weighted by Gasteiger charge is 2.54. The summed E-state index contributed by atoms with van der Waals surface area (Å²) in [6.45, 7) is 6.62. The molecule has 0 heterocycles. The molecule has 0 saturated heterocycles. The zero-order valence-electron chi connectivity index (χ0n) is 23.3. The molecular weight excluding hydrogens is 495 g/mol. The van der Waals surface area contributed by atoms with Gasteiger partial charge in [0.15, 0.2) is 0 Å². The van der Waals surface area contributed by atoms with Crippen LogP contribution < -0.4 is 9.47 Å². The van der Waals surface area contributed by atoms with Crippen molar-refractivity contribution in [3.63, 3.8) is 0 Å². The standard InChI is InChI=1S/C33H37FO5/c1-32(2,3)30(38-5)26-16-20(6-10-24(26)25-17-22(37-4)9-11-29(25)34)19-39-23-8-7-21-12-14-33(28(21)18-23)15-13-27(33)31(35)36/h6-11,16-18,27,30H,12-15,19H2,1-5H3,(H,35,36)/t27-,30+,33+/m1/s1. The zero-order valence-corrected chi connectivity index (χ0v) is 23.3. The van der Waals surface area contributed by atoms with Gasteiger partial charge in [0.05, 0.1) is 19.1 Å². The first-order chi connectivity index (χ1) is 18.6. The van der Waals surface area contributed by atoms with Crippen LogP contribution in [0.5, 0.6) is 11.5 Å². The topological polar surface area (TPSA) is 65.0 Å². The SMILES string of the molecule is COc1ccc(F)c(-c2ccc(COc3ccc4c(c3)[C@@]3(CC4)CC[C@@H]3C(=O)O)cc2[C@H](OC)C(C)(C)C)c1. The van der Waals surface area contributed by atoms with Crippen molar-refractivity contribution < 1.29 is 28.5 Å². The molecule has 0 aromatic heterocycles. The van der Waals surface area contributed by atoms with E-state index in [-0.39, 0.29) is 28.7 Å². The van der Waals surface area contributed by atoms with Crippen molar-refractivity contribution in [2.24, 2.45) is 11.3 Å². The Bertz CT molecular complexity index is 1390. The molecule has 0 bridgehead atoms. The van der Waals surface area contributed by atoms with Gasteiger partial charge in [-0.25, -0.2) is 4.39 Å². The minimum absolute atomic E-state index is 0.240. The van der Waals surface area contributed by atoms with Crippen LogP contribution >= 0.6 is 0 Å². The molecule has 1 saturated carbocycles. The van der Waals surface area contributed by atoms with E-state index in [2.05, 4.69) is 26.8 Å². The van der Waals surface area contributed by atoms with E-state index in [4.69, 9.17) is 14.2 Å². The lowest BCUT2D eigenvalue weighted by molar-refractivity contribution is -0.149. The van der Waals surface area contributed by atoms with E-state index in [9.17, 15) is 9.90 Å². The van der Waals surface area contributed by atoms with Crippen molar-refractivity contribution >= 4 is 5.97 Å². The maximum Gasteiger partial charge on any atom is 0.307 e. The first kappa shape index (κ1) is 27.2. The fourth-order valence-electron chi connectivity index (χ4n) is 6.55. The van der Waals surface area contributed by atoms with E-state index < -0.39 is 5.97 Å². The van der Waals surface area contributed by atoms with Crippen molar-refractivity contribution in [3.05, 3.63) is 82.7 Å². The summed E-state index contributed by atoms with van der Waals surface area (Å²) in [5.74, 6) is -0.0285. The van der Waals surface area contributed by atoms with Gasteiger partial charge in [0.1, 0.15) is 23.9 Å². The number of fused-ring (bicyclic) bond motifs is 2. The number of ether oxygens (including phenoxy) is 3. The Morgan fingerprint density at radius 1 is 1.03 bits per heavy atom. The maximum absolute atomic E-state index is 15.0. The first-order valence-electron chi connectivity index (χ1n) is 13.6. The van der Waals surface area contributed by atoms with Crippen LogP contribution in [0.1, 0.15) is 68.4 Å². The Morgan fingerprint density at radius 2 is 1.79 bits per heavy atom. The summed E-state index contributed by atoms with van der Waals surface area (Å²) < 4.78 is 32.6. The number of carboxylic acids is 1. The van der Waals surface area contributed by atoms with Crippen molar-refractivity contribution in [3.8, 4) is 22.6 Å². The summed E-state index contributed by atoms with van der Waals surface area (Å²) in [5, 5.41) is 9.73. The van der Waals surface area contributed by atoms with Crippen molar-refractivity contribution in [1.29, 1.82) is 0 Å². The Hall–Kier alpha value is -3.38. The molecule has 0 radical (unpaired) electrons. The minimum Gasteiger partial charge on any atom is -0.497 e. The Balaban J connectivity index is 1.46. The highest BCUT2D eigenvalue weighted by molar-refractivity contribution is 5.75. The Labute approximate surface area is 229 Å². The monoisotopic (exact) mass is 532 g/mol. The zero-order chi connectivity index (χ0) is 27.9. The molecule has 3 atom stereocenters. The normalized spacial score (nSPS) is 20.8. The number of aliphatic carboxylic acids is 1. The van der Waals surface area contributed by atoms with Crippen molar-refractivity contribution in [1.82, 2.24) is 0 Å². The lowest BCUT2D eigenvalue weighted by atomic mass is 9.57. The Kier molecular flexibility index (Phi) is 7.19. The molecule has 2 aliphatic rings.